The topological polar surface area (TPSA) is 6.48 Å². The minimum absolute atomic E-state index is 0.730. The van der Waals surface area contributed by atoms with Gasteiger partial charge in [-0.1, -0.05) is 39.5 Å². The van der Waals surface area contributed by atoms with Crippen LogP contribution in [0.2, 0.25) is 0 Å². The second kappa shape index (κ2) is 9.20. The van der Waals surface area contributed by atoms with Crippen LogP contribution in [0, 0.1) is 17.8 Å². The van der Waals surface area contributed by atoms with Gasteiger partial charge in [0.25, 0.3) is 0 Å². The maximum atomic E-state index is 5.69. The molecule has 120 valence electrons. The Morgan fingerprint density at radius 2 is 1.48 bits per heavy atom. The molecule has 0 unspecified atom stereocenters. The Balaban J connectivity index is 1.52. The van der Waals surface area contributed by atoms with Crippen LogP contribution in [0.25, 0.3) is 0 Å². The van der Waals surface area contributed by atoms with Crippen LogP contribution < -0.4 is 0 Å². The second-order valence-corrected chi connectivity index (χ2v) is 7.80. The summed E-state index contributed by atoms with van der Waals surface area (Å²) in [5.74, 6) is 2.95. The van der Waals surface area contributed by atoms with E-state index in [1.807, 2.05) is 0 Å². The highest BCUT2D eigenvalue weighted by atomic mass is 15.2. The summed E-state index contributed by atoms with van der Waals surface area (Å²) in [7, 11) is 5.69. The summed E-state index contributed by atoms with van der Waals surface area (Å²) in [5, 5.41) is 0. The Bertz CT molecular complexity index is 266. The van der Waals surface area contributed by atoms with Crippen molar-refractivity contribution in [3.8, 4) is 0 Å². The lowest BCUT2D eigenvalue weighted by Crippen LogP contribution is -2.46. The molecule has 2 rings (SSSR count). The SMILES string of the molecule is [B]CN1CCN(CCCC2CCC(CC(C)C)CC2)CC1. The van der Waals surface area contributed by atoms with Gasteiger partial charge in [-0.2, -0.15) is 0 Å². The van der Waals surface area contributed by atoms with Crippen molar-refractivity contribution in [2.24, 2.45) is 17.8 Å². The molecule has 2 aliphatic rings. The molecule has 1 aliphatic carbocycles. The van der Waals surface area contributed by atoms with Crippen molar-refractivity contribution in [3.63, 3.8) is 0 Å². The zero-order valence-electron chi connectivity index (χ0n) is 14.4. The van der Waals surface area contributed by atoms with Gasteiger partial charge in [0.05, 0.1) is 7.85 Å². The molecular formula is C18H35BN2. The Morgan fingerprint density at radius 3 is 2.05 bits per heavy atom. The average Bonchev–Trinajstić information content (AvgIpc) is 2.49. The highest BCUT2D eigenvalue weighted by Gasteiger charge is 2.22. The van der Waals surface area contributed by atoms with Crippen LogP contribution in [0.15, 0.2) is 0 Å². The summed E-state index contributed by atoms with van der Waals surface area (Å²) in [5.41, 5.74) is 0. The summed E-state index contributed by atoms with van der Waals surface area (Å²) in [4.78, 5) is 4.99. The van der Waals surface area contributed by atoms with E-state index < -0.39 is 0 Å². The molecule has 21 heavy (non-hydrogen) atoms. The number of rotatable bonds is 7. The van der Waals surface area contributed by atoms with Gasteiger partial charge >= 0.3 is 0 Å². The molecule has 0 aromatic carbocycles. The maximum Gasteiger partial charge on any atom is 0.0863 e. The standard InChI is InChI=1S/C18H35BN2/c1-16(2)14-18-7-5-17(6-8-18)4-3-9-20-10-12-21(15-19)13-11-20/h16-18H,3-15H2,1-2H3. The molecule has 2 radical (unpaired) electrons. The van der Waals surface area contributed by atoms with Crippen molar-refractivity contribution in [1.29, 1.82) is 0 Å². The van der Waals surface area contributed by atoms with Crippen molar-refractivity contribution in [1.82, 2.24) is 9.80 Å². The first-order valence-electron chi connectivity index (χ1n) is 9.32. The van der Waals surface area contributed by atoms with Crippen LogP contribution in [0.1, 0.15) is 58.8 Å². The van der Waals surface area contributed by atoms with Gasteiger partial charge < -0.3 is 9.80 Å². The largest absolute Gasteiger partial charge is 0.310 e. The van der Waals surface area contributed by atoms with Crippen molar-refractivity contribution in [2.45, 2.75) is 58.8 Å². The van der Waals surface area contributed by atoms with Gasteiger partial charge in [0.15, 0.2) is 0 Å². The first kappa shape index (κ1) is 17.3. The van der Waals surface area contributed by atoms with Gasteiger partial charge in [-0.3, -0.25) is 0 Å². The third-order valence-corrected chi connectivity index (χ3v) is 5.58. The quantitative estimate of drug-likeness (QED) is 0.663. The molecule has 0 N–H and O–H groups in total. The van der Waals surface area contributed by atoms with E-state index in [0.29, 0.717) is 0 Å². The smallest absolute Gasteiger partial charge is 0.0863 e. The van der Waals surface area contributed by atoms with E-state index in [2.05, 4.69) is 23.6 Å². The number of nitrogens with zero attached hydrogens (tertiary/aromatic N) is 2. The Kier molecular flexibility index (Phi) is 7.59. The van der Waals surface area contributed by atoms with Crippen molar-refractivity contribution in [3.05, 3.63) is 0 Å². The minimum atomic E-state index is 0.730. The lowest BCUT2D eigenvalue weighted by molar-refractivity contribution is 0.141. The predicted octanol–water partition coefficient (Wildman–Crippen LogP) is 3.36. The van der Waals surface area contributed by atoms with Crippen molar-refractivity contribution in [2.75, 3.05) is 39.2 Å². The second-order valence-electron chi connectivity index (χ2n) is 7.80. The first-order chi connectivity index (χ1) is 10.2. The van der Waals surface area contributed by atoms with Gasteiger partial charge in [-0.15, -0.1) is 0 Å². The monoisotopic (exact) mass is 290 g/mol. The molecule has 2 nitrogen and oxygen atoms in total. The lowest BCUT2D eigenvalue weighted by Gasteiger charge is -2.35. The van der Waals surface area contributed by atoms with E-state index in [1.54, 1.807) is 0 Å². The van der Waals surface area contributed by atoms with Crippen LogP contribution in [-0.2, 0) is 0 Å². The van der Waals surface area contributed by atoms with Gasteiger partial charge in [0.2, 0.25) is 0 Å². The number of hydrogen-bond acceptors (Lipinski definition) is 2. The summed E-state index contributed by atoms with van der Waals surface area (Å²) >= 11 is 0. The lowest BCUT2D eigenvalue weighted by atomic mass is 9.77. The molecular weight excluding hydrogens is 255 g/mol. The van der Waals surface area contributed by atoms with Crippen LogP contribution >= 0.6 is 0 Å². The fourth-order valence-electron chi connectivity index (χ4n) is 4.22. The minimum Gasteiger partial charge on any atom is -0.310 e. The summed E-state index contributed by atoms with van der Waals surface area (Å²) in [6.45, 7) is 10.8. The van der Waals surface area contributed by atoms with Gasteiger partial charge in [-0.25, -0.2) is 0 Å². The van der Waals surface area contributed by atoms with Crippen LogP contribution in [0.5, 0.6) is 0 Å². The van der Waals surface area contributed by atoms with E-state index >= 15 is 0 Å². The molecule has 0 spiro atoms. The maximum absolute atomic E-state index is 5.69. The van der Waals surface area contributed by atoms with Gasteiger partial charge in [-0.05, 0) is 50.0 Å². The number of hydrogen-bond donors (Lipinski definition) is 0. The summed E-state index contributed by atoms with van der Waals surface area (Å²) in [6, 6.07) is 0. The van der Waals surface area contributed by atoms with Crippen LogP contribution in [0.4, 0.5) is 0 Å². The van der Waals surface area contributed by atoms with E-state index in [4.69, 9.17) is 7.85 Å². The fraction of sp³-hybridized carbons (Fsp3) is 1.00. The predicted molar refractivity (Wildman–Crippen MR) is 92.8 cm³/mol. The molecule has 1 heterocycles. The van der Waals surface area contributed by atoms with Crippen LogP contribution in [0.3, 0.4) is 0 Å². The summed E-state index contributed by atoms with van der Waals surface area (Å²) in [6.07, 6.45) is 11.0. The Hall–Kier alpha value is -0.0151. The fourth-order valence-corrected chi connectivity index (χ4v) is 4.22. The van der Waals surface area contributed by atoms with E-state index in [0.717, 1.165) is 37.3 Å². The first-order valence-corrected chi connectivity index (χ1v) is 9.32. The molecule has 0 atom stereocenters. The highest BCUT2D eigenvalue weighted by Crippen LogP contribution is 2.34. The van der Waals surface area contributed by atoms with Crippen molar-refractivity contribution < 1.29 is 0 Å². The molecule has 1 saturated heterocycles. The van der Waals surface area contributed by atoms with E-state index in [9.17, 15) is 0 Å². The van der Waals surface area contributed by atoms with E-state index in [-0.39, 0.29) is 0 Å². The van der Waals surface area contributed by atoms with Gasteiger partial charge in [0.1, 0.15) is 0 Å². The third-order valence-electron chi connectivity index (χ3n) is 5.58. The zero-order chi connectivity index (χ0) is 15.1. The van der Waals surface area contributed by atoms with Crippen molar-refractivity contribution >= 4 is 7.85 Å². The average molecular weight is 290 g/mol. The van der Waals surface area contributed by atoms with Gasteiger partial charge in [0, 0.05) is 26.2 Å². The van der Waals surface area contributed by atoms with E-state index in [1.165, 1.54) is 64.6 Å². The normalized spacial score (nSPS) is 29.1. The highest BCUT2D eigenvalue weighted by molar-refractivity contribution is 6.08. The summed E-state index contributed by atoms with van der Waals surface area (Å²) < 4.78 is 0. The molecule has 0 aromatic rings. The number of piperazine rings is 1. The molecule has 0 amide bonds. The Labute approximate surface area is 134 Å². The van der Waals surface area contributed by atoms with Crippen LogP contribution in [-0.4, -0.2) is 56.8 Å². The molecule has 1 saturated carbocycles. The zero-order valence-corrected chi connectivity index (χ0v) is 14.4. The third kappa shape index (κ3) is 6.32. The molecule has 0 aromatic heterocycles. The molecule has 1 aliphatic heterocycles. The molecule has 3 heteroatoms. The molecule has 2 fully saturated rings. The Morgan fingerprint density at radius 1 is 0.905 bits per heavy atom. The molecule has 0 bridgehead atoms.